The molecule has 1 fully saturated rings. The summed E-state index contributed by atoms with van der Waals surface area (Å²) in [4.78, 5) is 17.5. The molecule has 0 radical (unpaired) electrons. The van der Waals surface area contributed by atoms with Gasteiger partial charge in [0.1, 0.15) is 0 Å². The van der Waals surface area contributed by atoms with E-state index in [4.69, 9.17) is 0 Å². The van der Waals surface area contributed by atoms with Crippen molar-refractivity contribution in [1.29, 1.82) is 0 Å². The first kappa shape index (κ1) is 13.4. The Morgan fingerprint density at radius 3 is 2.65 bits per heavy atom. The molecule has 17 heavy (non-hydrogen) atoms. The van der Waals surface area contributed by atoms with Gasteiger partial charge in [0.15, 0.2) is 0 Å². The highest BCUT2D eigenvalue weighted by Crippen LogP contribution is 2.08. The summed E-state index contributed by atoms with van der Waals surface area (Å²) in [6.45, 7) is 5.80. The van der Waals surface area contributed by atoms with E-state index in [0.29, 0.717) is 0 Å². The first-order valence-electron chi connectivity index (χ1n) is 6.23. The van der Waals surface area contributed by atoms with Crippen molar-refractivity contribution >= 4 is 12.0 Å². The van der Waals surface area contributed by atoms with Crippen LogP contribution < -0.4 is 0 Å². The van der Waals surface area contributed by atoms with Crippen LogP contribution in [0.15, 0.2) is 30.6 Å². The van der Waals surface area contributed by atoms with E-state index in [1.807, 2.05) is 37.0 Å². The molecule has 1 aliphatic heterocycles. The molecule has 0 saturated carbocycles. The SMILES string of the molecule is CC.O=C(/C=C/c1cccnc1)N1CCCC1. The predicted molar refractivity (Wildman–Crippen MR) is 70.4 cm³/mol. The standard InChI is InChI=1S/C12H14N2O.C2H6/c15-12(14-8-1-2-9-14)6-5-11-4-3-7-13-10-11;1-2/h3-7,10H,1-2,8-9H2;1-2H3/b6-5+;. The number of rotatable bonds is 2. The van der Waals surface area contributed by atoms with Crippen LogP contribution >= 0.6 is 0 Å². The van der Waals surface area contributed by atoms with Gasteiger partial charge >= 0.3 is 0 Å². The van der Waals surface area contributed by atoms with E-state index in [-0.39, 0.29) is 5.91 Å². The van der Waals surface area contributed by atoms with Gasteiger partial charge in [-0.1, -0.05) is 19.9 Å². The lowest BCUT2D eigenvalue weighted by atomic mass is 10.2. The molecule has 0 bridgehead atoms. The van der Waals surface area contributed by atoms with Gasteiger partial charge < -0.3 is 4.90 Å². The van der Waals surface area contributed by atoms with Gasteiger partial charge in [-0.2, -0.15) is 0 Å². The summed E-state index contributed by atoms with van der Waals surface area (Å²) in [6, 6.07) is 3.79. The molecule has 1 amide bonds. The quantitative estimate of drug-likeness (QED) is 0.735. The highest BCUT2D eigenvalue weighted by molar-refractivity contribution is 5.91. The molecule has 2 heterocycles. The molecule has 92 valence electrons. The van der Waals surface area contributed by atoms with Crippen LogP contribution in [0.3, 0.4) is 0 Å². The average molecular weight is 232 g/mol. The van der Waals surface area contributed by atoms with Crippen LogP contribution in [0.4, 0.5) is 0 Å². The Bertz CT molecular complexity index is 354. The molecule has 0 unspecified atom stereocenters. The number of aromatic nitrogens is 1. The van der Waals surface area contributed by atoms with Gasteiger partial charge in [0.25, 0.3) is 0 Å². The van der Waals surface area contributed by atoms with Gasteiger partial charge in [-0.15, -0.1) is 0 Å². The van der Waals surface area contributed by atoms with Crippen molar-refractivity contribution in [2.24, 2.45) is 0 Å². The molecule has 0 N–H and O–H groups in total. The number of hydrogen-bond donors (Lipinski definition) is 0. The molecule has 0 spiro atoms. The van der Waals surface area contributed by atoms with Crippen molar-refractivity contribution in [2.45, 2.75) is 26.7 Å². The van der Waals surface area contributed by atoms with Crippen LogP contribution in [0.25, 0.3) is 6.08 Å². The molecule has 1 aromatic rings. The molecule has 0 atom stereocenters. The predicted octanol–water partition coefficient (Wildman–Crippen LogP) is 2.74. The lowest BCUT2D eigenvalue weighted by Crippen LogP contribution is -2.25. The minimum absolute atomic E-state index is 0.108. The smallest absolute Gasteiger partial charge is 0.246 e. The van der Waals surface area contributed by atoms with E-state index in [9.17, 15) is 4.79 Å². The molecular formula is C14H20N2O. The van der Waals surface area contributed by atoms with E-state index >= 15 is 0 Å². The van der Waals surface area contributed by atoms with E-state index in [0.717, 1.165) is 31.5 Å². The molecule has 3 heteroatoms. The highest BCUT2D eigenvalue weighted by atomic mass is 16.2. The third-order valence-corrected chi connectivity index (χ3v) is 2.52. The highest BCUT2D eigenvalue weighted by Gasteiger charge is 2.14. The van der Waals surface area contributed by atoms with Crippen LogP contribution in [0.2, 0.25) is 0 Å². The maximum Gasteiger partial charge on any atom is 0.246 e. The zero-order valence-electron chi connectivity index (χ0n) is 10.6. The van der Waals surface area contributed by atoms with E-state index in [2.05, 4.69) is 4.98 Å². The Balaban J connectivity index is 0.000000686. The summed E-state index contributed by atoms with van der Waals surface area (Å²) in [5.41, 5.74) is 0.963. The Labute approximate surface area is 103 Å². The third-order valence-electron chi connectivity index (χ3n) is 2.52. The van der Waals surface area contributed by atoms with E-state index in [1.165, 1.54) is 0 Å². The lowest BCUT2D eigenvalue weighted by Gasteiger charge is -2.11. The summed E-state index contributed by atoms with van der Waals surface area (Å²) in [7, 11) is 0. The van der Waals surface area contributed by atoms with Gasteiger partial charge in [0.05, 0.1) is 0 Å². The number of amides is 1. The monoisotopic (exact) mass is 232 g/mol. The first-order chi connectivity index (χ1) is 8.36. The Hall–Kier alpha value is -1.64. The molecule has 0 aliphatic carbocycles. The summed E-state index contributed by atoms with van der Waals surface area (Å²) in [6.07, 6.45) is 9.17. The molecule has 1 aliphatic rings. The average Bonchev–Trinajstić information content (AvgIpc) is 2.93. The zero-order chi connectivity index (χ0) is 12.5. The van der Waals surface area contributed by atoms with E-state index < -0.39 is 0 Å². The summed E-state index contributed by atoms with van der Waals surface area (Å²) in [5, 5.41) is 0. The number of nitrogens with zero attached hydrogens (tertiary/aromatic N) is 2. The van der Waals surface area contributed by atoms with Crippen LogP contribution in [-0.2, 0) is 4.79 Å². The molecule has 3 nitrogen and oxygen atoms in total. The first-order valence-corrected chi connectivity index (χ1v) is 6.23. The number of carbonyl (C=O) groups excluding carboxylic acids is 1. The fourth-order valence-electron chi connectivity index (χ4n) is 1.68. The molecular weight excluding hydrogens is 212 g/mol. The lowest BCUT2D eigenvalue weighted by molar-refractivity contribution is -0.124. The molecule has 1 saturated heterocycles. The van der Waals surface area contributed by atoms with Crippen molar-refractivity contribution in [3.8, 4) is 0 Å². The second kappa shape index (κ2) is 7.60. The molecule has 1 aromatic heterocycles. The minimum Gasteiger partial charge on any atom is -0.339 e. The van der Waals surface area contributed by atoms with E-state index in [1.54, 1.807) is 18.5 Å². The van der Waals surface area contributed by atoms with Crippen molar-refractivity contribution in [3.63, 3.8) is 0 Å². The molecule has 2 rings (SSSR count). The normalized spacial score (nSPS) is 14.6. The topological polar surface area (TPSA) is 33.2 Å². The van der Waals surface area contributed by atoms with Gasteiger partial charge in [-0.05, 0) is 30.5 Å². The van der Waals surface area contributed by atoms with Crippen molar-refractivity contribution < 1.29 is 4.79 Å². The Morgan fingerprint density at radius 1 is 1.35 bits per heavy atom. The minimum atomic E-state index is 0.108. The molecule has 0 aromatic carbocycles. The number of hydrogen-bond acceptors (Lipinski definition) is 2. The second-order valence-corrected chi connectivity index (χ2v) is 3.65. The second-order valence-electron chi connectivity index (χ2n) is 3.65. The summed E-state index contributed by atoms with van der Waals surface area (Å²) in [5.74, 6) is 0.108. The van der Waals surface area contributed by atoms with Crippen molar-refractivity contribution in [3.05, 3.63) is 36.2 Å². The fourth-order valence-corrected chi connectivity index (χ4v) is 1.68. The third kappa shape index (κ3) is 4.39. The fraction of sp³-hybridized carbons (Fsp3) is 0.429. The zero-order valence-corrected chi connectivity index (χ0v) is 10.6. The van der Waals surface area contributed by atoms with Crippen LogP contribution in [0.1, 0.15) is 32.3 Å². The van der Waals surface area contributed by atoms with Crippen molar-refractivity contribution in [2.75, 3.05) is 13.1 Å². The largest absolute Gasteiger partial charge is 0.339 e. The van der Waals surface area contributed by atoms with Gasteiger partial charge in [0.2, 0.25) is 5.91 Å². The number of pyridine rings is 1. The van der Waals surface area contributed by atoms with Crippen molar-refractivity contribution in [1.82, 2.24) is 9.88 Å². The van der Waals surface area contributed by atoms with Crippen LogP contribution in [0, 0.1) is 0 Å². The van der Waals surface area contributed by atoms with Gasteiger partial charge in [-0.25, -0.2) is 0 Å². The maximum atomic E-state index is 11.6. The van der Waals surface area contributed by atoms with Gasteiger partial charge in [-0.3, -0.25) is 9.78 Å². The summed E-state index contributed by atoms with van der Waals surface area (Å²) < 4.78 is 0. The van der Waals surface area contributed by atoms with Crippen LogP contribution in [0.5, 0.6) is 0 Å². The van der Waals surface area contributed by atoms with Crippen LogP contribution in [-0.4, -0.2) is 28.9 Å². The number of carbonyl (C=O) groups is 1. The number of likely N-dealkylation sites (tertiary alicyclic amines) is 1. The maximum absolute atomic E-state index is 11.6. The Morgan fingerprint density at radius 2 is 2.06 bits per heavy atom. The summed E-state index contributed by atoms with van der Waals surface area (Å²) >= 11 is 0. The Kier molecular flexibility index (Phi) is 6.00. The van der Waals surface area contributed by atoms with Gasteiger partial charge in [0, 0.05) is 31.6 Å².